The maximum Gasteiger partial charge on any atom is 0.362 e. The largest absolute Gasteiger partial charge is 0.395 e. The highest BCUT2D eigenvalue weighted by Crippen LogP contribution is 2.22. The van der Waals surface area contributed by atoms with Gasteiger partial charge in [-0.05, 0) is 20.8 Å². The van der Waals surface area contributed by atoms with Gasteiger partial charge in [0.05, 0.1) is 18.2 Å². The van der Waals surface area contributed by atoms with Crippen LogP contribution in [-0.4, -0.2) is 53.5 Å². The number of hydrogen-bond acceptors (Lipinski definition) is 6. The molecule has 0 bridgehead atoms. The fraction of sp³-hybridized carbons (Fsp3) is 0.700. The number of nitrogens with one attached hydrogen (secondary N) is 1. The summed E-state index contributed by atoms with van der Waals surface area (Å²) in [5.74, 6) is -1.33. The molecule has 10 heteroatoms. The van der Waals surface area contributed by atoms with Crippen LogP contribution in [0.4, 0.5) is 0 Å². The van der Waals surface area contributed by atoms with Crippen molar-refractivity contribution in [1.29, 1.82) is 0 Å². The summed E-state index contributed by atoms with van der Waals surface area (Å²) in [6.45, 7) is 4.92. The van der Waals surface area contributed by atoms with Crippen LogP contribution in [-0.2, 0) is 24.7 Å². The van der Waals surface area contributed by atoms with E-state index in [0.717, 1.165) is 0 Å². The molecule has 9 nitrogen and oxygen atoms in total. The van der Waals surface area contributed by atoms with Gasteiger partial charge in [-0.3, -0.25) is 14.1 Å². The van der Waals surface area contributed by atoms with Gasteiger partial charge in [0.25, 0.3) is 5.91 Å². The van der Waals surface area contributed by atoms with E-state index in [-0.39, 0.29) is 13.0 Å². The Balaban J connectivity index is 2.42. The van der Waals surface area contributed by atoms with Crippen LogP contribution < -0.4 is 5.32 Å². The number of carbonyl (C=O) groups excluding carboxylic acids is 2. The van der Waals surface area contributed by atoms with Gasteiger partial charge < -0.3 is 10.2 Å². The average Bonchev–Trinajstić information content (AvgIpc) is 2.30. The summed E-state index contributed by atoms with van der Waals surface area (Å²) in [5, 5.41) is 6.01. The minimum Gasteiger partial charge on any atom is -0.395 e. The van der Waals surface area contributed by atoms with E-state index in [1.807, 2.05) is 0 Å². The second kappa shape index (κ2) is 6.18. The quantitative estimate of drug-likeness (QED) is 0.220. The third-order valence-corrected chi connectivity index (χ3v) is 3.58. The molecular formula is C10H17N3O6S. The molecule has 1 fully saturated rings. The summed E-state index contributed by atoms with van der Waals surface area (Å²) in [6, 6.07) is -1.78. The van der Waals surface area contributed by atoms with E-state index < -0.39 is 34.2 Å². The van der Waals surface area contributed by atoms with Crippen LogP contribution in [0.5, 0.6) is 0 Å². The molecule has 1 aliphatic rings. The second-order valence-electron chi connectivity index (χ2n) is 4.52. The molecule has 0 spiro atoms. The van der Waals surface area contributed by atoms with Crippen molar-refractivity contribution in [3.8, 4) is 0 Å². The Morgan fingerprint density at radius 1 is 1.50 bits per heavy atom. The van der Waals surface area contributed by atoms with Gasteiger partial charge in [-0.15, -0.1) is 0 Å². The van der Waals surface area contributed by atoms with Gasteiger partial charge >= 0.3 is 10.3 Å². The minimum atomic E-state index is -4.57. The number of oxime groups is 1. The van der Waals surface area contributed by atoms with E-state index >= 15 is 0 Å². The maximum absolute atomic E-state index is 11.5. The van der Waals surface area contributed by atoms with Gasteiger partial charge in [-0.25, -0.2) is 4.31 Å². The predicted octanol–water partition coefficient (Wildman–Crippen LogP) is -0.693. The van der Waals surface area contributed by atoms with E-state index in [4.69, 9.17) is 9.39 Å². The smallest absolute Gasteiger partial charge is 0.362 e. The number of amides is 2. The molecule has 20 heavy (non-hydrogen) atoms. The topological polar surface area (TPSA) is 125 Å². The van der Waals surface area contributed by atoms with Gasteiger partial charge in [-0.2, -0.15) is 8.42 Å². The highest BCUT2D eigenvalue weighted by Gasteiger charge is 2.51. The third-order valence-electron chi connectivity index (χ3n) is 2.57. The lowest BCUT2D eigenvalue weighted by Gasteiger charge is -2.42. The van der Waals surface area contributed by atoms with Crippen molar-refractivity contribution in [1.82, 2.24) is 9.62 Å². The first-order valence-corrected chi connectivity index (χ1v) is 7.27. The lowest BCUT2D eigenvalue weighted by Crippen LogP contribution is -2.70. The van der Waals surface area contributed by atoms with Gasteiger partial charge in [0.1, 0.15) is 12.6 Å². The Morgan fingerprint density at radius 3 is 2.55 bits per heavy atom. The van der Waals surface area contributed by atoms with Crippen molar-refractivity contribution in [2.45, 2.75) is 39.3 Å². The molecule has 0 unspecified atom stereocenters. The first-order valence-electron chi connectivity index (χ1n) is 5.87. The SMILES string of the molecule is CC(C)=NOCCC(=O)N[C@@H]1C(=O)N(S(=O)(=O)O)[C@H]1C. The Bertz CT molecular complexity index is 525. The summed E-state index contributed by atoms with van der Waals surface area (Å²) in [6.07, 6.45) is -0.0147. The zero-order valence-electron chi connectivity index (χ0n) is 11.4. The Kier molecular flexibility index (Phi) is 5.06. The molecule has 1 rings (SSSR count). The lowest BCUT2D eigenvalue weighted by atomic mass is 10.0. The van der Waals surface area contributed by atoms with Crippen molar-refractivity contribution in [2.75, 3.05) is 6.61 Å². The molecule has 0 aromatic rings. The van der Waals surface area contributed by atoms with Gasteiger partial charge in [-0.1, -0.05) is 5.16 Å². The van der Waals surface area contributed by atoms with Crippen LogP contribution in [0.1, 0.15) is 27.2 Å². The lowest BCUT2D eigenvalue weighted by molar-refractivity contribution is -0.145. The van der Waals surface area contributed by atoms with Crippen molar-refractivity contribution in [2.24, 2.45) is 5.16 Å². The zero-order chi connectivity index (χ0) is 15.5. The zero-order valence-corrected chi connectivity index (χ0v) is 12.2. The molecule has 2 N–H and O–H groups in total. The molecular weight excluding hydrogens is 290 g/mol. The molecule has 0 radical (unpaired) electrons. The van der Waals surface area contributed by atoms with Crippen LogP contribution in [0, 0.1) is 0 Å². The van der Waals surface area contributed by atoms with E-state index in [2.05, 4.69) is 10.5 Å². The maximum atomic E-state index is 11.5. The predicted molar refractivity (Wildman–Crippen MR) is 69.1 cm³/mol. The number of β-lactam (4-membered cyclic amide) rings is 1. The Hall–Kier alpha value is -1.68. The minimum absolute atomic E-state index is 0.0147. The molecule has 0 aliphatic carbocycles. The molecule has 1 heterocycles. The summed E-state index contributed by atoms with van der Waals surface area (Å²) in [7, 11) is -4.57. The van der Waals surface area contributed by atoms with Crippen LogP contribution >= 0.6 is 0 Å². The van der Waals surface area contributed by atoms with Crippen molar-refractivity contribution in [3.63, 3.8) is 0 Å². The molecule has 0 aromatic heterocycles. The Labute approximate surface area is 116 Å². The summed E-state index contributed by atoms with van der Waals surface area (Å²) in [4.78, 5) is 27.8. The molecule has 114 valence electrons. The van der Waals surface area contributed by atoms with E-state index in [1.54, 1.807) is 13.8 Å². The summed E-state index contributed by atoms with van der Waals surface area (Å²) >= 11 is 0. The van der Waals surface area contributed by atoms with Crippen LogP contribution in [0.3, 0.4) is 0 Å². The average molecular weight is 307 g/mol. The first-order chi connectivity index (χ1) is 9.14. The monoisotopic (exact) mass is 307 g/mol. The molecule has 0 aromatic carbocycles. The number of nitrogens with zero attached hydrogens (tertiary/aromatic N) is 2. The standard InChI is InChI=1S/C10H17N3O6S/c1-6(2)12-19-5-4-8(14)11-9-7(3)13(10(9)15)20(16,17)18/h7,9H,4-5H2,1-3H3,(H,11,14)(H,16,17,18)/t7-,9-/m0/s1. The first kappa shape index (κ1) is 16.4. The van der Waals surface area contributed by atoms with Crippen LogP contribution in [0.2, 0.25) is 0 Å². The molecule has 0 saturated carbocycles. The normalized spacial score (nSPS) is 22.0. The van der Waals surface area contributed by atoms with Crippen molar-refractivity contribution in [3.05, 3.63) is 0 Å². The second-order valence-corrected chi connectivity index (χ2v) is 5.81. The van der Waals surface area contributed by atoms with Gasteiger partial charge in [0, 0.05) is 0 Å². The van der Waals surface area contributed by atoms with E-state index in [1.165, 1.54) is 6.92 Å². The van der Waals surface area contributed by atoms with Crippen LogP contribution in [0.25, 0.3) is 0 Å². The van der Waals surface area contributed by atoms with Gasteiger partial charge in [0.15, 0.2) is 0 Å². The molecule has 2 amide bonds. The third kappa shape index (κ3) is 3.90. The van der Waals surface area contributed by atoms with E-state index in [0.29, 0.717) is 10.0 Å². The highest BCUT2D eigenvalue weighted by molar-refractivity contribution is 7.84. The highest BCUT2D eigenvalue weighted by atomic mass is 32.2. The molecule has 1 aliphatic heterocycles. The number of hydrogen-bond donors (Lipinski definition) is 2. The van der Waals surface area contributed by atoms with Crippen molar-refractivity contribution >= 4 is 27.8 Å². The number of rotatable bonds is 6. The molecule has 2 atom stereocenters. The number of carbonyl (C=O) groups is 2. The fourth-order valence-electron chi connectivity index (χ4n) is 1.66. The fourth-order valence-corrected chi connectivity index (χ4v) is 2.55. The van der Waals surface area contributed by atoms with Crippen molar-refractivity contribution < 1.29 is 27.4 Å². The van der Waals surface area contributed by atoms with Gasteiger partial charge in [0.2, 0.25) is 5.91 Å². The Morgan fingerprint density at radius 2 is 2.10 bits per heavy atom. The summed E-state index contributed by atoms with van der Waals surface area (Å²) < 4.78 is 30.8. The summed E-state index contributed by atoms with van der Waals surface area (Å²) in [5.41, 5.74) is 0.706. The van der Waals surface area contributed by atoms with Crippen LogP contribution in [0.15, 0.2) is 5.16 Å². The molecule has 1 saturated heterocycles. The van der Waals surface area contributed by atoms with E-state index in [9.17, 15) is 18.0 Å².